The third-order valence-corrected chi connectivity index (χ3v) is 8.02. The number of rotatable bonds is 9. The van der Waals surface area contributed by atoms with Gasteiger partial charge in [0.1, 0.15) is 5.82 Å². The molecule has 0 radical (unpaired) electrons. The molecule has 0 spiro atoms. The van der Waals surface area contributed by atoms with E-state index < -0.39 is 5.97 Å². The zero-order valence-electron chi connectivity index (χ0n) is 24.3. The van der Waals surface area contributed by atoms with Crippen LogP contribution in [0.1, 0.15) is 12.0 Å². The number of nitrogens with one attached hydrogen (secondary N) is 1. The predicted octanol–water partition coefficient (Wildman–Crippen LogP) is 4.86. The second-order valence-electron chi connectivity index (χ2n) is 10.7. The van der Waals surface area contributed by atoms with Gasteiger partial charge in [0.25, 0.3) is 5.56 Å². The van der Waals surface area contributed by atoms with Gasteiger partial charge < -0.3 is 19.4 Å². The highest BCUT2D eigenvalue weighted by Gasteiger charge is 2.20. The van der Waals surface area contributed by atoms with Crippen LogP contribution in [0.5, 0.6) is 5.88 Å². The number of fused-ring (bicyclic) bond motifs is 2. The quantitative estimate of drug-likeness (QED) is 0.192. The minimum atomic E-state index is -0.537. The predicted molar refractivity (Wildman–Crippen MR) is 166 cm³/mol. The van der Waals surface area contributed by atoms with Gasteiger partial charge in [0.05, 0.1) is 36.0 Å². The Labute approximate surface area is 253 Å². The molecule has 1 N–H and O–H groups in total. The number of piperazine rings is 1. The molecule has 0 aliphatic carbocycles. The van der Waals surface area contributed by atoms with E-state index in [1.807, 2.05) is 29.3 Å². The van der Waals surface area contributed by atoms with E-state index in [0.29, 0.717) is 41.1 Å². The van der Waals surface area contributed by atoms with Gasteiger partial charge >= 0.3 is 5.97 Å². The van der Waals surface area contributed by atoms with Gasteiger partial charge in [-0.1, -0.05) is 6.07 Å². The highest BCUT2D eigenvalue weighted by Crippen LogP contribution is 2.26. The molecule has 0 bridgehead atoms. The van der Waals surface area contributed by atoms with Crippen molar-refractivity contribution in [2.24, 2.45) is 0 Å². The van der Waals surface area contributed by atoms with Crippen LogP contribution >= 0.6 is 0 Å². The molecular formula is C33H31FN6O4. The van der Waals surface area contributed by atoms with E-state index in [1.165, 1.54) is 29.4 Å². The van der Waals surface area contributed by atoms with Crippen molar-refractivity contribution in [1.82, 2.24) is 19.4 Å². The molecule has 0 atom stereocenters. The normalized spacial score (nSPS) is 13.7. The van der Waals surface area contributed by atoms with E-state index in [4.69, 9.17) is 11.3 Å². The zero-order valence-corrected chi connectivity index (χ0v) is 24.3. The maximum atomic E-state index is 15.4. The lowest BCUT2D eigenvalue weighted by Crippen LogP contribution is -2.47. The van der Waals surface area contributed by atoms with Crippen molar-refractivity contribution in [3.05, 3.63) is 100 Å². The van der Waals surface area contributed by atoms with Crippen LogP contribution in [0.4, 0.5) is 15.8 Å². The lowest BCUT2D eigenvalue weighted by molar-refractivity contribution is -0.143. The van der Waals surface area contributed by atoms with Gasteiger partial charge in [-0.05, 0) is 66.7 Å². The molecule has 11 heteroatoms. The fraction of sp³-hybridized carbons (Fsp3) is 0.273. The molecular weight excluding hydrogens is 563 g/mol. The molecule has 4 heterocycles. The number of ether oxygens (including phenoxy) is 2. The third kappa shape index (κ3) is 5.98. The number of anilines is 1. The first-order valence-corrected chi connectivity index (χ1v) is 14.4. The Morgan fingerprint density at radius 3 is 2.68 bits per heavy atom. The summed E-state index contributed by atoms with van der Waals surface area (Å²) in [5, 5.41) is 1.46. The second kappa shape index (κ2) is 12.6. The molecule has 1 fully saturated rings. The summed E-state index contributed by atoms with van der Waals surface area (Å²) in [5.41, 5.74) is 3.93. The number of esters is 1. The number of methoxy groups -OCH3 is 1. The number of nitrogens with zero attached hydrogens (tertiary/aromatic N) is 5. The standard InChI is InChI=1S/C33H31FN6O4/c1-35-23-5-8-28-26(18-23)22(20-36-28)4-3-12-38-14-16-39(17-15-38)30-9-6-24(19-27(30)34)40-13-11-29-25(33(40)42)7-10-31(37-29)44-21-32(41)43-2/h5-11,13,18-20,36H,3-4,12,14-17,21H2,2H3. The van der Waals surface area contributed by atoms with Gasteiger partial charge in [-0.15, -0.1) is 0 Å². The number of hydrogen-bond acceptors (Lipinski definition) is 7. The van der Waals surface area contributed by atoms with Crippen molar-refractivity contribution in [1.29, 1.82) is 0 Å². The number of carbonyl (C=O) groups is 1. The van der Waals surface area contributed by atoms with Crippen LogP contribution in [0.25, 0.3) is 32.3 Å². The minimum Gasteiger partial charge on any atom is -0.466 e. The first-order chi connectivity index (χ1) is 21.4. The van der Waals surface area contributed by atoms with E-state index in [9.17, 15) is 9.59 Å². The Bertz CT molecular complexity index is 1940. The van der Waals surface area contributed by atoms with Crippen molar-refractivity contribution < 1.29 is 18.7 Å². The summed E-state index contributed by atoms with van der Waals surface area (Å²) < 4.78 is 26.6. The first kappa shape index (κ1) is 28.9. The number of carbonyl (C=O) groups excluding carboxylic acids is 1. The topological polar surface area (TPSA) is 97.1 Å². The Morgan fingerprint density at radius 2 is 1.91 bits per heavy atom. The summed E-state index contributed by atoms with van der Waals surface area (Å²) in [6.07, 6.45) is 5.50. The van der Waals surface area contributed by atoms with Crippen molar-refractivity contribution in [2.45, 2.75) is 12.8 Å². The Balaban J connectivity index is 1.06. The van der Waals surface area contributed by atoms with E-state index in [2.05, 4.69) is 24.4 Å². The maximum Gasteiger partial charge on any atom is 0.343 e. The monoisotopic (exact) mass is 594 g/mol. The number of benzene rings is 2. The summed E-state index contributed by atoms with van der Waals surface area (Å²) in [7, 11) is 1.27. The largest absolute Gasteiger partial charge is 0.466 e. The van der Waals surface area contributed by atoms with E-state index >= 15 is 4.39 Å². The Hall–Kier alpha value is -5.21. The van der Waals surface area contributed by atoms with Crippen LogP contribution in [-0.2, 0) is 16.0 Å². The average Bonchev–Trinajstić information content (AvgIpc) is 3.46. The van der Waals surface area contributed by atoms with Crippen molar-refractivity contribution in [3.63, 3.8) is 0 Å². The third-order valence-electron chi connectivity index (χ3n) is 8.02. The maximum absolute atomic E-state index is 15.4. The van der Waals surface area contributed by atoms with E-state index in [-0.39, 0.29) is 23.9 Å². The van der Waals surface area contributed by atoms with Crippen LogP contribution in [0.2, 0.25) is 0 Å². The zero-order chi connectivity index (χ0) is 30.6. The summed E-state index contributed by atoms with van der Waals surface area (Å²) in [5.74, 6) is -0.725. The SMILES string of the molecule is [C-]#[N+]c1ccc2[nH]cc(CCCN3CCN(c4ccc(-n5ccc6nc(OCC(=O)OC)ccc6c5=O)cc4F)CC3)c2c1. The minimum absolute atomic E-state index is 0.195. The van der Waals surface area contributed by atoms with Crippen molar-refractivity contribution in [2.75, 3.05) is 51.3 Å². The number of aromatic nitrogens is 3. The van der Waals surface area contributed by atoms with Crippen LogP contribution in [0, 0.1) is 12.4 Å². The summed E-state index contributed by atoms with van der Waals surface area (Å²) in [6.45, 7) is 11.0. The van der Waals surface area contributed by atoms with Crippen molar-refractivity contribution >= 4 is 39.1 Å². The number of H-pyrrole nitrogens is 1. The molecule has 0 saturated carbocycles. The second-order valence-corrected chi connectivity index (χ2v) is 10.7. The molecule has 0 amide bonds. The number of aryl methyl sites for hydroxylation is 1. The molecule has 0 unspecified atom stereocenters. The van der Waals surface area contributed by atoms with Crippen LogP contribution in [0.15, 0.2) is 71.8 Å². The number of aromatic amines is 1. The van der Waals surface area contributed by atoms with Crippen LogP contribution in [0.3, 0.4) is 0 Å². The van der Waals surface area contributed by atoms with Gasteiger partial charge in [0.2, 0.25) is 5.88 Å². The van der Waals surface area contributed by atoms with Gasteiger partial charge in [0, 0.05) is 56.2 Å². The van der Waals surface area contributed by atoms with Gasteiger partial charge in [-0.2, -0.15) is 0 Å². The van der Waals surface area contributed by atoms with Gasteiger partial charge in [-0.25, -0.2) is 19.0 Å². The highest BCUT2D eigenvalue weighted by molar-refractivity contribution is 5.86. The smallest absolute Gasteiger partial charge is 0.343 e. The van der Waals surface area contributed by atoms with Crippen LogP contribution < -0.4 is 15.2 Å². The average molecular weight is 595 g/mol. The lowest BCUT2D eigenvalue weighted by atomic mass is 10.1. The summed E-state index contributed by atoms with van der Waals surface area (Å²) in [6, 6.07) is 15.3. The first-order valence-electron chi connectivity index (χ1n) is 14.4. The summed E-state index contributed by atoms with van der Waals surface area (Å²) in [4.78, 5) is 40.1. The fourth-order valence-corrected chi connectivity index (χ4v) is 5.63. The van der Waals surface area contributed by atoms with Gasteiger partial charge in [0.15, 0.2) is 12.3 Å². The molecule has 224 valence electrons. The van der Waals surface area contributed by atoms with E-state index in [1.54, 1.807) is 30.5 Å². The molecule has 5 aromatic rings. The number of hydrogen-bond donors (Lipinski definition) is 1. The van der Waals surface area contributed by atoms with Crippen LogP contribution in [-0.4, -0.2) is 71.8 Å². The molecule has 44 heavy (non-hydrogen) atoms. The fourth-order valence-electron chi connectivity index (χ4n) is 5.63. The Morgan fingerprint density at radius 1 is 1.07 bits per heavy atom. The molecule has 6 rings (SSSR count). The molecule has 3 aromatic heterocycles. The van der Waals surface area contributed by atoms with Crippen molar-refractivity contribution in [3.8, 4) is 11.6 Å². The highest BCUT2D eigenvalue weighted by atomic mass is 19.1. The lowest BCUT2D eigenvalue weighted by Gasteiger charge is -2.36. The Kier molecular flexibility index (Phi) is 8.25. The molecule has 1 saturated heterocycles. The molecule has 10 nitrogen and oxygen atoms in total. The van der Waals surface area contributed by atoms with Gasteiger partial charge in [-0.3, -0.25) is 14.3 Å². The number of pyridine rings is 2. The summed E-state index contributed by atoms with van der Waals surface area (Å²) >= 11 is 0. The molecule has 1 aliphatic heterocycles. The van der Waals surface area contributed by atoms with E-state index in [0.717, 1.165) is 43.4 Å². The molecule has 2 aromatic carbocycles. The number of halogens is 1. The molecule has 1 aliphatic rings.